The van der Waals surface area contributed by atoms with Gasteiger partial charge in [-0.2, -0.15) is 0 Å². The van der Waals surface area contributed by atoms with Gasteiger partial charge in [-0.3, -0.25) is 0 Å². The summed E-state index contributed by atoms with van der Waals surface area (Å²) in [4.78, 5) is 1.33. The minimum atomic E-state index is -0.752. The third kappa shape index (κ3) is 5.17. The lowest BCUT2D eigenvalue weighted by Gasteiger charge is -2.23. The summed E-state index contributed by atoms with van der Waals surface area (Å²) in [6.45, 7) is 3.53. The zero-order valence-corrected chi connectivity index (χ0v) is 11.1. The molecule has 1 saturated carbocycles. The Labute approximate surface area is 107 Å². The average molecular weight is 255 g/mol. The Bertz CT molecular complexity index is 320. The van der Waals surface area contributed by atoms with Crippen LogP contribution in [0.5, 0.6) is 0 Å². The molecule has 1 unspecified atom stereocenters. The fraction of sp³-hybridized carbons (Fsp3) is 0.692. The Morgan fingerprint density at radius 3 is 3.06 bits per heavy atom. The average Bonchev–Trinajstić information content (AvgIpc) is 2.98. The molecule has 0 bridgehead atoms. The number of hydrogen-bond donors (Lipinski definition) is 2. The summed E-state index contributed by atoms with van der Waals surface area (Å²) in [7, 11) is 0. The van der Waals surface area contributed by atoms with E-state index in [-0.39, 0.29) is 0 Å². The van der Waals surface area contributed by atoms with Crippen LogP contribution in [-0.4, -0.2) is 36.5 Å². The van der Waals surface area contributed by atoms with E-state index in [0.717, 1.165) is 6.42 Å². The maximum Gasteiger partial charge on any atom is 0.0975 e. The number of thiophene rings is 1. The molecule has 17 heavy (non-hydrogen) atoms. The van der Waals surface area contributed by atoms with Crippen LogP contribution in [-0.2, 0) is 11.2 Å². The molecular weight excluding hydrogens is 234 g/mol. The lowest BCUT2D eigenvalue weighted by atomic mass is 10.1. The topological polar surface area (TPSA) is 41.5 Å². The molecule has 1 aliphatic carbocycles. The molecular formula is C13H21NO2S. The second-order valence-corrected chi connectivity index (χ2v) is 6.07. The lowest BCUT2D eigenvalue weighted by Crippen LogP contribution is -2.42. The number of ether oxygens (including phenoxy) is 1. The summed E-state index contributed by atoms with van der Waals surface area (Å²) in [5.74, 6) is 0. The van der Waals surface area contributed by atoms with Gasteiger partial charge < -0.3 is 15.2 Å². The Morgan fingerprint density at radius 2 is 2.41 bits per heavy atom. The fourth-order valence-electron chi connectivity index (χ4n) is 1.62. The third-order valence-electron chi connectivity index (χ3n) is 2.83. The van der Waals surface area contributed by atoms with Gasteiger partial charge in [-0.05, 0) is 31.2 Å². The molecule has 96 valence electrons. The first-order valence-electron chi connectivity index (χ1n) is 6.22. The molecule has 0 radical (unpaired) electrons. The van der Waals surface area contributed by atoms with Crippen LogP contribution in [0.4, 0.5) is 0 Å². The predicted molar refractivity (Wildman–Crippen MR) is 70.5 cm³/mol. The van der Waals surface area contributed by atoms with Crippen LogP contribution in [0.3, 0.4) is 0 Å². The highest BCUT2D eigenvalue weighted by Gasteiger charge is 2.26. The maximum atomic E-state index is 10.1. The van der Waals surface area contributed by atoms with Gasteiger partial charge in [0.15, 0.2) is 0 Å². The summed E-state index contributed by atoms with van der Waals surface area (Å²) in [5.41, 5.74) is -0.752. The first-order valence-corrected chi connectivity index (χ1v) is 7.10. The SMILES string of the molecule is CC(O)(CNC1CC1)COCCc1cccs1. The highest BCUT2D eigenvalue weighted by molar-refractivity contribution is 7.09. The van der Waals surface area contributed by atoms with Gasteiger partial charge in [0.05, 0.1) is 18.8 Å². The zero-order valence-electron chi connectivity index (χ0n) is 10.3. The van der Waals surface area contributed by atoms with E-state index in [9.17, 15) is 5.11 Å². The van der Waals surface area contributed by atoms with Crippen molar-refractivity contribution >= 4 is 11.3 Å². The van der Waals surface area contributed by atoms with E-state index < -0.39 is 5.60 Å². The Kier molecular flexibility index (Phi) is 4.56. The Hall–Kier alpha value is -0.420. The minimum Gasteiger partial charge on any atom is -0.386 e. The molecule has 2 N–H and O–H groups in total. The van der Waals surface area contributed by atoms with Gasteiger partial charge in [0, 0.05) is 23.9 Å². The van der Waals surface area contributed by atoms with Gasteiger partial charge in [-0.1, -0.05) is 6.07 Å². The van der Waals surface area contributed by atoms with Crippen LogP contribution in [0.25, 0.3) is 0 Å². The highest BCUT2D eigenvalue weighted by Crippen LogP contribution is 2.19. The monoisotopic (exact) mass is 255 g/mol. The van der Waals surface area contributed by atoms with Crippen LogP contribution >= 0.6 is 11.3 Å². The smallest absolute Gasteiger partial charge is 0.0975 e. The van der Waals surface area contributed by atoms with Crippen molar-refractivity contribution in [3.8, 4) is 0 Å². The van der Waals surface area contributed by atoms with Gasteiger partial charge in [0.25, 0.3) is 0 Å². The standard InChI is InChI=1S/C13H21NO2S/c1-13(15,9-14-11-4-5-11)10-16-7-6-12-3-2-8-17-12/h2-3,8,11,14-15H,4-7,9-10H2,1H3. The van der Waals surface area contributed by atoms with Crippen LogP contribution in [0.2, 0.25) is 0 Å². The lowest BCUT2D eigenvalue weighted by molar-refractivity contribution is -0.0316. The third-order valence-corrected chi connectivity index (χ3v) is 3.77. The molecule has 0 saturated heterocycles. The molecule has 3 nitrogen and oxygen atoms in total. The number of nitrogens with one attached hydrogen (secondary N) is 1. The summed E-state index contributed by atoms with van der Waals surface area (Å²) in [5, 5.41) is 15.5. The molecule has 0 spiro atoms. The quantitative estimate of drug-likeness (QED) is 0.696. The van der Waals surface area contributed by atoms with Crippen LogP contribution in [0.1, 0.15) is 24.6 Å². The second kappa shape index (κ2) is 5.96. The molecule has 0 amide bonds. The first-order chi connectivity index (χ1) is 8.16. The van der Waals surface area contributed by atoms with E-state index in [1.807, 2.05) is 6.92 Å². The number of hydrogen-bond acceptors (Lipinski definition) is 4. The molecule has 1 fully saturated rings. The van der Waals surface area contributed by atoms with Crippen LogP contribution in [0.15, 0.2) is 17.5 Å². The van der Waals surface area contributed by atoms with Crippen molar-refractivity contribution in [2.75, 3.05) is 19.8 Å². The van der Waals surface area contributed by atoms with Gasteiger partial charge >= 0.3 is 0 Å². The Balaban J connectivity index is 1.56. The van der Waals surface area contributed by atoms with E-state index in [2.05, 4.69) is 22.8 Å². The predicted octanol–water partition coefficient (Wildman–Crippen LogP) is 1.81. The zero-order chi connectivity index (χ0) is 12.1. The summed E-state index contributed by atoms with van der Waals surface area (Å²) in [6, 6.07) is 4.80. The van der Waals surface area contributed by atoms with E-state index >= 15 is 0 Å². The molecule has 1 heterocycles. The molecule has 1 atom stereocenters. The molecule has 4 heteroatoms. The molecule has 2 rings (SSSR count). The largest absolute Gasteiger partial charge is 0.386 e. The van der Waals surface area contributed by atoms with Crippen LogP contribution < -0.4 is 5.32 Å². The van der Waals surface area contributed by atoms with Crippen molar-refractivity contribution in [1.82, 2.24) is 5.32 Å². The van der Waals surface area contributed by atoms with Crippen LogP contribution in [0, 0.1) is 0 Å². The van der Waals surface area contributed by atoms with Crippen molar-refractivity contribution in [3.63, 3.8) is 0 Å². The fourth-order valence-corrected chi connectivity index (χ4v) is 2.31. The summed E-state index contributed by atoms with van der Waals surface area (Å²) in [6.07, 6.45) is 3.43. The van der Waals surface area contributed by atoms with E-state index in [1.54, 1.807) is 11.3 Å². The van der Waals surface area contributed by atoms with E-state index in [4.69, 9.17) is 4.74 Å². The minimum absolute atomic E-state index is 0.401. The Morgan fingerprint density at radius 1 is 1.59 bits per heavy atom. The van der Waals surface area contributed by atoms with Gasteiger partial charge in [-0.15, -0.1) is 11.3 Å². The van der Waals surface area contributed by atoms with Crippen molar-refractivity contribution in [1.29, 1.82) is 0 Å². The van der Waals surface area contributed by atoms with Crippen molar-refractivity contribution < 1.29 is 9.84 Å². The van der Waals surface area contributed by atoms with Gasteiger partial charge in [0.1, 0.15) is 0 Å². The molecule has 1 aliphatic rings. The molecule has 0 aromatic carbocycles. The summed E-state index contributed by atoms with van der Waals surface area (Å²) < 4.78 is 5.54. The van der Waals surface area contributed by atoms with Gasteiger partial charge in [0.2, 0.25) is 0 Å². The highest BCUT2D eigenvalue weighted by atomic mass is 32.1. The van der Waals surface area contributed by atoms with Gasteiger partial charge in [-0.25, -0.2) is 0 Å². The summed E-state index contributed by atoms with van der Waals surface area (Å²) >= 11 is 1.75. The van der Waals surface area contributed by atoms with E-state index in [1.165, 1.54) is 17.7 Å². The first kappa shape index (κ1) is 13.0. The number of rotatable bonds is 8. The maximum absolute atomic E-state index is 10.1. The van der Waals surface area contributed by atoms with Crippen molar-refractivity contribution in [3.05, 3.63) is 22.4 Å². The number of aliphatic hydroxyl groups is 1. The molecule has 1 aromatic heterocycles. The molecule has 1 aromatic rings. The van der Waals surface area contributed by atoms with Crippen molar-refractivity contribution in [2.24, 2.45) is 0 Å². The molecule has 0 aliphatic heterocycles. The normalized spacial score (nSPS) is 19.2. The van der Waals surface area contributed by atoms with E-state index in [0.29, 0.717) is 25.8 Å². The van der Waals surface area contributed by atoms with Crippen molar-refractivity contribution in [2.45, 2.75) is 37.8 Å². The second-order valence-electron chi connectivity index (χ2n) is 5.03.